The van der Waals surface area contributed by atoms with Gasteiger partial charge in [0.05, 0.1) is 5.60 Å². The zero-order chi connectivity index (χ0) is 10.4. The predicted octanol–water partition coefficient (Wildman–Crippen LogP) is 0.0176. The van der Waals surface area contributed by atoms with Crippen LogP contribution < -0.4 is 11.1 Å². The number of nitrogens with zero attached hydrogens (tertiary/aromatic N) is 1. The van der Waals surface area contributed by atoms with E-state index in [9.17, 15) is 5.11 Å². The lowest BCUT2D eigenvalue weighted by molar-refractivity contribution is 0.0481. The topological polar surface area (TPSA) is 90.9 Å². The Morgan fingerprint density at radius 2 is 2.07 bits per heavy atom. The minimum Gasteiger partial charge on any atom is -0.409 e. The fourth-order valence-corrected chi connectivity index (χ4v) is 1.80. The molecular weight excluding hydrogens is 182 g/mol. The van der Waals surface area contributed by atoms with Gasteiger partial charge in [0.1, 0.15) is 5.84 Å². The number of oxime groups is 1. The summed E-state index contributed by atoms with van der Waals surface area (Å²) in [7, 11) is 0. The number of nitrogens with two attached hydrogens (primary N) is 1. The fourth-order valence-electron chi connectivity index (χ4n) is 1.80. The molecule has 0 radical (unpaired) electrons. The first-order valence-electron chi connectivity index (χ1n) is 5.06. The van der Waals surface area contributed by atoms with Crippen LogP contribution in [0.5, 0.6) is 0 Å². The molecule has 0 aliphatic heterocycles. The average molecular weight is 201 g/mol. The zero-order valence-corrected chi connectivity index (χ0v) is 8.37. The van der Waals surface area contributed by atoms with Gasteiger partial charge in [-0.1, -0.05) is 18.0 Å². The Morgan fingerprint density at radius 1 is 1.43 bits per heavy atom. The van der Waals surface area contributed by atoms with Crippen molar-refractivity contribution in [1.82, 2.24) is 5.32 Å². The molecule has 1 aliphatic carbocycles. The maximum atomic E-state index is 9.94. The fraction of sp³-hybridized carbons (Fsp3) is 0.889. The van der Waals surface area contributed by atoms with E-state index in [1.807, 2.05) is 0 Å². The molecule has 0 amide bonds. The molecule has 5 nitrogen and oxygen atoms in total. The van der Waals surface area contributed by atoms with Gasteiger partial charge in [-0.3, -0.25) is 0 Å². The smallest absolute Gasteiger partial charge is 0.140 e. The van der Waals surface area contributed by atoms with Crippen LogP contribution in [0, 0.1) is 0 Å². The number of rotatable bonds is 5. The first-order valence-corrected chi connectivity index (χ1v) is 5.06. The molecule has 82 valence electrons. The Balaban J connectivity index is 2.09. The van der Waals surface area contributed by atoms with Gasteiger partial charge in [0, 0.05) is 19.5 Å². The molecular formula is C9H19N3O2. The Bertz CT molecular complexity index is 200. The van der Waals surface area contributed by atoms with Crippen LogP contribution in [0.25, 0.3) is 0 Å². The molecule has 0 unspecified atom stereocenters. The molecule has 1 saturated carbocycles. The standard InChI is InChI=1S/C9H19N3O2/c10-8(12-14)3-6-11-7-9(13)4-1-2-5-9/h11,13-14H,1-7H2,(H2,10,12). The molecule has 1 rings (SSSR count). The molecule has 0 bridgehead atoms. The summed E-state index contributed by atoms with van der Waals surface area (Å²) in [4.78, 5) is 0. The van der Waals surface area contributed by atoms with Gasteiger partial charge in [-0.2, -0.15) is 0 Å². The molecule has 5 N–H and O–H groups in total. The molecule has 1 fully saturated rings. The van der Waals surface area contributed by atoms with Crippen molar-refractivity contribution in [2.75, 3.05) is 13.1 Å². The number of aliphatic hydroxyl groups is 1. The van der Waals surface area contributed by atoms with E-state index in [4.69, 9.17) is 10.9 Å². The van der Waals surface area contributed by atoms with E-state index in [1.165, 1.54) is 0 Å². The first kappa shape index (κ1) is 11.3. The Hall–Kier alpha value is -0.810. The predicted molar refractivity (Wildman–Crippen MR) is 54.3 cm³/mol. The molecule has 0 spiro atoms. The second-order valence-corrected chi connectivity index (χ2v) is 3.95. The summed E-state index contributed by atoms with van der Waals surface area (Å²) in [6.45, 7) is 1.24. The normalized spacial score (nSPS) is 21.4. The van der Waals surface area contributed by atoms with Gasteiger partial charge in [0.2, 0.25) is 0 Å². The van der Waals surface area contributed by atoms with Gasteiger partial charge in [-0.25, -0.2) is 0 Å². The molecule has 14 heavy (non-hydrogen) atoms. The van der Waals surface area contributed by atoms with Crippen molar-refractivity contribution in [1.29, 1.82) is 0 Å². The van der Waals surface area contributed by atoms with Crippen molar-refractivity contribution in [3.8, 4) is 0 Å². The summed E-state index contributed by atoms with van der Waals surface area (Å²) in [6, 6.07) is 0. The van der Waals surface area contributed by atoms with Crippen molar-refractivity contribution < 1.29 is 10.3 Å². The summed E-state index contributed by atoms with van der Waals surface area (Å²) in [5.41, 5.74) is 4.77. The molecule has 1 aliphatic rings. The number of hydrogen-bond acceptors (Lipinski definition) is 4. The summed E-state index contributed by atoms with van der Waals surface area (Å²) >= 11 is 0. The van der Waals surface area contributed by atoms with E-state index in [-0.39, 0.29) is 5.84 Å². The van der Waals surface area contributed by atoms with Crippen LogP contribution in [0.15, 0.2) is 5.16 Å². The highest BCUT2D eigenvalue weighted by atomic mass is 16.4. The average Bonchev–Trinajstić information content (AvgIpc) is 2.60. The van der Waals surface area contributed by atoms with E-state index in [2.05, 4.69) is 10.5 Å². The zero-order valence-electron chi connectivity index (χ0n) is 8.37. The van der Waals surface area contributed by atoms with Gasteiger partial charge in [0.25, 0.3) is 0 Å². The summed E-state index contributed by atoms with van der Waals surface area (Å²) in [5.74, 6) is 0.218. The van der Waals surface area contributed by atoms with Gasteiger partial charge >= 0.3 is 0 Å². The van der Waals surface area contributed by atoms with Crippen LogP contribution in [0.4, 0.5) is 0 Å². The highest BCUT2D eigenvalue weighted by molar-refractivity contribution is 5.79. The van der Waals surface area contributed by atoms with Gasteiger partial charge in [-0.05, 0) is 12.8 Å². The Labute approximate surface area is 84.0 Å². The second-order valence-electron chi connectivity index (χ2n) is 3.95. The molecule has 0 aromatic rings. The number of amidine groups is 1. The minimum absolute atomic E-state index is 0.218. The van der Waals surface area contributed by atoms with Crippen LogP contribution in [0.1, 0.15) is 32.1 Å². The molecule has 0 aromatic heterocycles. The molecule has 0 aromatic carbocycles. The second kappa shape index (κ2) is 5.17. The van der Waals surface area contributed by atoms with Crippen LogP contribution in [0.2, 0.25) is 0 Å². The van der Waals surface area contributed by atoms with Crippen LogP contribution in [-0.2, 0) is 0 Å². The van der Waals surface area contributed by atoms with Crippen molar-refractivity contribution in [3.05, 3.63) is 0 Å². The largest absolute Gasteiger partial charge is 0.409 e. The highest BCUT2D eigenvalue weighted by Crippen LogP contribution is 2.28. The third-order valence-electron chi connectivity index (χ3n) is 2.67. The first-order chi connectivity index (χ1) is 6.66. The maximum absolute atomic E-state index is 9.94. The van der Waals surface area contributed by atoms with Crippen molar-refractivity contribution >= 4 is 5.84 Å². The molecule has 0 heterocycles. The Kier molecular flexibility index (Phi) is 4.16. The SMILES string of the molecule is NC(CCNCC1(O)CCCC1)=NO. The minimum atomic E-state index is -0.523. The van der Waals surface area contributed by atoms with Crippen molar-refractivity contribution in [3.63, 3.8) is 0 Å². The number of hydrogen-bond donors (Lipinski definition) is 4. The van der Waals surface area contributed by atoms with E-state index >= 15 is 0 Å². The highest BCUT2D eigenvalue weighted by Gasteiger charge is 2.30. The third-order valence-corrected chi connectivity index (χ3v) is 2.67. The van der Waals surface area contributed by atoms with Gasteiger partial charge < -0.3 is 21.4 Å². The van der Waals surface area contributed by atoms with E-state index < -0.39 is 5.60 Å². The van der Waals surface area contributed by atoms with Gasteiger partial charge in [0.15, 0.2) is 0 Å². The summed E-state index contributed by atoms with van der Waals surface area (Å²) in [6.07, 6.45) is 4.48. The molecule has 5 heteroatoms. The lowest BCUT2D eigenvalue weighted by Crippen LogP contribution is -2.39. The van der Waals surface area contributed by atoms with E-state index in [0.717, 1.165) is 25.7 Å². The van der Waals surface area contributed by atoms with Crippen molar-refractivity contribution in [2.24, 2.45) is 10.9 Å². The van der Waals surface area contributed by atoms with Gasteiger partial charge in [-0.15, -0.1) is 0 Å². The lowest BCUT2D eigenvalue weighted by atomic mass is 10.0. The quantitative estimate of drug-likeness (QED) is 0.166. The van der Waals surface area contributed by atoms with E-state index in [1.54, 1.807) is 0 Å². The van der Waals surface area contributed by atoms with Crippen LogP contribution in [-0.4, -0.2) is 34.8 Å². The molecule has 0 saturated heterocycles. The van der Waals surface area contributed by atoms with Crippen LogP contribution in [0.3, 0.4) is 0 Å². The maximum Gasteiger partial charge on any atom is 0.140 e. The Morgan fingerprint density at radius 3 is 2.64 bits per heavy atom. The van der Waals surface area contributed by atoms with E-state index in [0.29, 0.717) is 19.5 Å². The summed E-state index contributed by atoms with van der Waals surface area (Å²) < 4.78 is 0. The molecule has 0 atom stereocenters. The monoisotopic (exact) mass is 201 g/mol. The van der Waals surface area contributed by atoms with Crippen molar-refractivity contribution in [2.45, 2.75) is 37.7 Å². The third kappa shape index (κ3) is 3.51. The number of nitrogens with one attached hydrogen (secondary N) is 1. The van der Waals surface area contributed by atoms with Crippen LogP contribution >= 0.6 is 0 Å². The summed E-state index contributed by atoms with van der Waals surface area (Å²) in [5, 5.41) is 24.2. The lowest BCUT2D eigenvalue weighted by Gasteiger charge is -2.22.